The van der Waals surface area contributed by atoms with Gasteiger partial charge < -0.3 is 10.2 Å². The lowest BCUT2D eigenvalue weighted by Gasteiger charge is -2.34. The van der Waals surface area contributed by atoms with Gasteiger partial charge in [-0.3, -0.25) is 9.47 Å². The number of nitrogens with one attached hydrogen (secondary N) is 1. The number of hydrogen-bond acceptors (Lipinski definition) is 4. The second kappa shape index (κ2) is 8.95. The first-order valence-electron chi connectivity index (χ1n) is 10.7. The van der Waals surface area contributed by atoms with E-state index in [1.165, 1.54) is 36.4 Å². The van der Waals surface area contributed by atoms with Gasteiger partial charge in [0.1, 0.15) is 23.0 Å². The molecule has 7 nitrogen and oxygen atoms in total. The molecule has 0 spiro atoms. The molecule has 2 aromatic carbocycles. The van der Waals surface area contributed by atoms with Gasteiger partial charge in [0.25, 0.3) is 0 Å². The van der Waals surface area contributed by atoms with Crippen LogP contribution in [0.5, 0.6) is 0 Å². The molecule has 0 unspecified atom stereocenters. The maximum atomic E-state index is 13.5. The molecule has 5 rings (SSSR count). The molecule has 1 N–H and O–H groups in total. The van der Waals surface area contributed by atoms with Crippen LogP contribution in [0.25, 0.3) is 16.9 Å². The zero-order valence-corrected chi connectivity index (χ0v) is 17.8. The minimum absolute atomic E-state index is 0.205. The lowest BCUT2D eigenvalue weighted by molar-refractivity contribution is 0.140. The molecule has 0 radical (unpaired) electrons. The van der Waals surface area contributed by atoms with E-state index in [1.807, 2.05) is 16.7 Å². The van der Waals surface area contributed by atoms with Crippen LogP contribution in [0, 0.1) is 11.6 Å². The van der Waals surface area contributed by atoms with E-state index < -0.39 is 0 Å². The standard InChI is InChI=1S/C24H22F2N6O/c25-17-3-7-19(8-4-17)28-24(33)31-14-12-30(13-15-31)16-22-29-21-2-1-11-27-23(21)32(22)20-9-5-18(26)6-10-20/h1-11H,12-16H2,(H,28,33). The minimum atomic E-state index is -0.344. The molecule has 1 saturated heterocycles. The van der Waals surface area contributed by atoms with E-state index in [9.17, 15) is 13.6 Å². The third kappa shape index (κ3) is 4.54. The molecule has 0 bridgehead atoms. The van der Waals surface area contributed by atoms with Gasteiger partial charge in [-0.25, -0.2) is 23.5 Å². The van der Waals surface area contributed by atoms with Crippen molar-refractivity contribution in [3.05, 3.63) is 84.3 Å². The van der Waals surface area contributed by atoms with Crippen LogP contribution in [0.1, 0.15) is 5.82 Å². The number of benzene rings is 2. The Morgan fingerprint density at radius 1 is 0.909 bits per heavy atom. The van der Waals surface area contributed by atoms with Crippen LogP contribution >= 0.6 is 0 Å². The third-order valence-corrected chi connectivity index (χ3v) is 5.69. The van der Waals surface area contributed by atoms with Crippen LogP contribution in [-0.2, 0) is 6.54 Å². The zero-order valence-electron chi connectivity index (χ0n) is 17.8. The maximum Gasteiger partial charge on any atom is 0.321 e. The van der Waals surface area contributed by atoms with Crippen molar-refractivity contribution in [3.63, 3.8) is 0 Å². The van der Waals surface area contributed by atoms with Crippen molar-refractivity contribution >= 4 is 22.9 Å². The summed E-state index contributed by atoms with van der Waals surface area (Å²) >= 11 is 0. The molecule has 0 atom stereocenters. The summed E-state index contributed by atoms with van der Waals surface area (Å²) in [6, 6.07) is 15.5. The Hall–Kier alpha value is -3.85. The van der Waals surface area contributed by atoms with Gasteiger partial charge in [0.2, 0.25) is 0 Å². The summed E-state index contributed by atoms with van der Waals surface area (Å²) in [4.78, 5) is 25.8. The van der Waals surface area contributed by atoms with Gasteiger partial charge in [-0.2, -0.15) is 0 Å². The van der Waals surface area contributed by atoms with Crippen molar-refractivity contribution in [1.82, 2.24) is 24.3 Å². The molecule has 1 aliphatic rings. The summed E-state index contributed by atoms with van der Waals surface area (Å²) in [6.07, 6.45) is 1.71. The fourth-order valence-corrected chi connectivity index (χ4v) is 3.97. The molecule has 2 amide bonds. The van der Waals surface area contributed by atoms with Gasteiger partial charge in [0.15, 0.2) is 5.65 Å². The molecule has 33 heavy (non-hydrogen) atoms. The maximum absolute atomic E-state index is 13.5. The first-order valence-corrected chi connectivity index (χ1v) is 10.7. The number of pyridine rings is 1. The first kappa shape index (κ1) is 21.0. The number of fused-ring (bicyclic) bond motifs is 1. The van der Waals surface area contributed by atoms with E-state index in [-0.39, 0.29) is 17.7 Å². The molecule has 4 aromatic rings. The van der Waals surface area contributed by atoms with Gasteiger partial charge in [0, 0.05) is 43.8 Å². The van der Waals surface area contributed by atoms with Crippen molar-refractivity contribution in [2.75, 3.05) is 31.5 Å². The predicted octanol–water partition coefficient (Wildman–Crippen LogP) is 4.05. The highest BCUT2D eigenvalue weighted by atomic mass is 19.1. The van der Waals surface area contributed by atoms with Crippen LogP contribution < -0.4 is 5.32 Å². The van der Waals surface area contributed by atoms with Gasteiger partial charge in [-0.05, 0) is 60.7 Å². The fourth-order valence-electron chi connectivity index (χ4n) is 3.97. The number of hydrogen-bond donors (Lipinski definition) is 1. The highest BCUT2D eigenvalue weighted by Crippen LogP contribution is 2.22. The van der Waals surface area contributed by atoms with Crippen LogP contribution in [0.15, 0.2) is 66.9 Å². The number of carbonyl (C=O) groups is 1. The zero-order chi connectivity index (χ0) is 22.8. The number of imidazole rings is 1. The second-order valence-corrected chi connectivity index (χ2v) is 7.89. The van der Waals surface area contributed by atoms with E-state index >= 15 is 0 Å². The number of halogens is 2. The van der Waals surface area contributed by atoms with Crippen molar-refractivity contribution in [2.45, 2.75) is 6.54 Å². The molecule has 9 heteroatoms. The van der Waals surface area contributed by atoms with Gasteiger partial charge in [-0.15, -0.1) is 0 Å². The Kier molecular flexibility index (Phi) is 5.70. The summed E-state index contributed by atoms with van der Waals surface area (Å²) in [5.74, 6) is 0.163. The Balaban J connectivity index is 1.28. The smallest absolute Gasteiger partial charge is 0.321 e. The molecule has 1 aliphatic heterocycles. The van der Waals surface area contributed by atoms with Gasteiger partial charge in [0.05, 0.1) is 6.54 Å². The molecule has 0 aliphatic carbocycles. The van der Waals surface area contributed by atoms with E-state index in [0.29, 0.717) is 38.4 Å². The normalized spacial score (nSPS) is 14.5. The summed E-state index contributed by atoms with van der Waals surface area (Å²) in [5, 5.41) is 2.80. The van der Waals surface area contributed by atoms with Gasteiger partial charge in [-0.1, -0.05) is 0 Å². The Morgan fingerprint density at radius 2 is 1.58 bits per heavy atom. The molecule has 168 valence electrons. The summed E-state index contributed by atoms with van der Waals surface area (Å²) in [5.41, 5.74) is 2.85. The third-order valence-electron chi connectivity index (χ3n) is 5.69. The predicted molar refractivity (Wildman–Crippen MR) is 121 cm³/mol. The van der Waals surface area contributed by atoms with Crippen LogP contribution in [-0.4, -0.2) is 56.5 Å². The minimum Gasteiger partial charge on any atom is -0.322 e. The number of anilines is 1. The molecule has 3 heterocycles. The van der Waals surface area contributed by atoms with Crippen LogP contribution in [0.4, 0.5) is 19.3 Å². The fraction of sp³-hybridized carbons (Fsp3) is 0.208. The summed E-state index contributed by atoms with van der Waals surface area (Å²) in [7, 11) is 0. The van der Waals surface area contributed by atoms with Gasteiger partial charge >= 0.3 is 6.03 Å². The SMILES string of the molecule is O=C(Nc1ccc(F)cc1)N1CCN(Cc2nc3cccnc3n2-c2ccc(F)cc2)CC1. The largest absolute Gasteiger partial charge is 0.322 e. The topological polar surface area (TPSA) is 66.3 Å². The number of aromatic nitrogens is 3. The molecule has 1 fully saturated rings. The van der Waals surface area contributed by atoms with E-state index in [2.05, 4.69) is 15.2 Å². The monoisotopic (exact) mass is 448 g/mol. The lowest BCUT2D eigenvalue weighted by atomic mass is 10.3. The summed E-state index contributed by atoms with van der Waals surface area (Å²) < 4.78 is 28.5. The number of amides is 2. The van der Waals surface area contributed by atoms with Crippen molar-refractivity contribution < 1.29 is 13.6 Å². The second-order valence-electron chi connectivity index (χ2n) is 7.89. The Bertz CT molecular complexity index is 1260. The number of piperazine rings is 1. The van der Waals surface area contributed by atoms with Crippen molar-refractivity contribution in [2.24, 2.45) is 0 Å². The van der Waals surface area contributed by atoms with Crippen LogP contribution in [0.3, 0.4) is 0 Å². The molecular formula is C24H22F2N6O. The molecular weight excluding hydrogens is 426 g/mol. The van der Waals surface area contributed by atoms with E-state index in [1.54, 1.807) is 23.2 Å². The Labute approximate surface area is 189 Å². The van der Waals surface area contributed by atoms with E-state index in [0.717, 1.165) is 22.7 Å². The van der Waals surface area contributed by atoms with Crippen LogP contribution in [0.2, 0.25) is 0 Å². The quantitative estimate of drug-likeness (QED) is 0.512. The average Bonchev–Trinajstić information content (AvgIpc) is 3.19. The Morgan fingerprint density at radius 3 is 2.27 bits per heavy atom. The first-order chi connectivity index (χ1) is 16.1. The molecule has 0 saturated carbocycles. The molecule has 2 aromatic heterocycles. The highest BCUT2D eigenvalue weighted by molar-refractivity contribution is 5.89. The lowest BCUT2D eigenvalue weighted by Crippen LogP contribution is -2.49. The number of carbonyl (C=O) groups excluding carboxylic acids is 1. The van der Waals surface area contributed by atoms with Crippen molar-refractivity contribution in [1.29, 1.82) is 0 Å². The number of rotatable bonds is 4. The number of nitrogens with zero attached hydrogens (tertiary/aromatic N) is 5. The highest BCUT2D eigenvalue weighted by Gasteiger charge is 2.23. The number of urea groups is 1. The van der Waals surface area contributed by atoms with Crippen molar-refractivity contribution in [3.8, 4) is 5.69 Å². The van der Waals surface area contributed by atoms with E-state index in [4.69, 9.17) is 4.98 Å². The average molecular weight is 448 g/mol. The summed E-state index contributed by atoms with van der Waals surface area (Å²) in [6.45, 7) is 3.04.